The summed E-state index contributed by atoms with van der Waals surface area (Å²) >= 11 is 0. The van der Waals surface area contributed by atoms with E-state index in [0.717, 1.165) is 12.8 Å². The van der Waals surface area contributed by atoms with E-state index < -0.39 is 37.8 Å². The molecule has 0 aromatic heterocycles. The maximum atomic E-state index is 12.0. The molecule has 106 valence electrons. The Morgan fingerprint density at radius 3 is 2.56 bits per heavy atom. The summed E-state index contributed by atoms with van der Waals surface area (Å²) in [6, 6.07) is 0. The fourth-order valence-electron chi connectivity index (χ4n) is 2.18. The van der Waals surface area contributed by atoms with Gasteiger partial charge >= 0.3 is 5.97 Å². The Morgan fingerprint density at radius 1 is 1.44 bits per heavy atom. The van der Waals surface area contributed by atoms with E-state index in [0.29, 0.717) is 12.8 Å². The smallest absolute Gasteiger partial charge is 0.307 e. The quantitative estimate of drug-likeness (QED) is 0.811. The van der Waals surface area contributed by atoms with Crippen LogP contribution in [0.1, 0.15) is 32.6 Å². The Morgan fingerprint density at radius 2 is 2.06 bits per heavy atom. The zero-order chi connectivity index (χ0) is 13.9. The van der Waals surface area contributed by atoms with Crippen LogP contribution in [0.2, 0.25) is 0 Å². The van der Waals surface area contributed by atoms with Gasteiger partial charge in [-0.25, -0.2) is 8.42 Å². The third-order valence-electron chi connectivity index (χ3n) is 3.39. The lowest BCUT2D eigenvalue weighted by molar-refractivity contribution is -0.140. The topological polar surface area (TPSA) is 88.5 Å². The van der Waals surface area contributed by atoms with Gasteiger partial charge in [0.05, 0.1) is 11.2 Å². The summed E-state index contributed by atoms with van der Waals surface area (Å²) in [6.45, 7) is 1.52. The van der Waals surface area contributed by atoms with Crippen molar-refractivity contribution < 1.29 is 22.5 Å². The average Bonchev–Trinajstić information content (AvgIpc) is 2.27. The maximum absolute atomic E-state index is 12.0. The number of carboxylic acids is 1. The van der Waals surface area contributed by atoms with Crippen molar-refractivity contribution in [3.63, 3.8) is 0 Å². The molecule has 0 aromatic rings. The molecule has 4 atom stereocenters. The van der Waals surface area contributed by atoms with Crippen LogP contribution in [0.4, 0.5) is 0 Å². The van der Waals surface area contributed by atoms with E-state index >= 15 is 0 Å². The second-order valence-electron chi connectivity index (χ2n) is 5.03. The van der Waals surface area contributed by atoms with Gasteiger partial charge in [0, 0.05) is 28.1 Å². The zero-order valence-corrected chi connectivity index (χ0v) is 12.3. The molecule has 4 unspecified atom stereocenters. The summed E-state index contributed by atoms with van der Waals surface area (Å²) in [5, 5.41) is 8.18. The second-order valence-corrected chi connectivity index (χ2v) is 9.11. The van der Waals surface area contributed by atoms with E-state index in [9.17, 15) is 17.4 Å². The second kappa shape index (κ2) is 6.14. The molecule has 0 spiro atoms. The van der Waals surface area contributed by atoms with Crippen molar-refractivity contribution in [2.45, 2.75) is 43.1 Å². The van der Waals surface area contributed by atoms with Gasteiger partial charge in [0.15, 0.2) is 0 Å². The van der Waals surface area contributed by atoms with Crippen LogP contribution in [0.3, 0.4) is 0 Å². The van der Waals surface area contributed by atoms with E-state index in [4.69, 9.17) is 5.11 Å². The Kier molecular flexibility index (Phi) is 5.33. The molecule has 1 aliphatic rings. The van der Waals surface area contributed by atoms with Gasteiger partial charge in [-0.2, -0.15) is 0 Å². The number of sulfone groups is 1. The molecule has 1 saturated carbocycles. The van der Waals surface area contributed by atoms with Crippen molar-refractivity contribution >= 4 is 26.6 Å². The predicted molar refractivity (Wildman–Crippen MR) is 70.7 cm³/mol. The minimum absolute atomic E-state index is 0.108. The zero-order valence-electron chi connectivity index (χ0n) is 10.7. The van der Waals surface area contributed by atoms with Crippen LogP contribution in [-0.2, 0) is 25.4 Å². The first-order valence-electron chi connectivity index (χ1n) is 6.00. The average molecular weight is 296 g/mol. The maximum Gasteiger partial charge on any atom is 0.307 e. The van der Waals surface area contributed by atoms with Crippen LogP contribution in [-0.4, -0.2) is 46.2 Å². The summed E-state index contributed by atoms with van der Waals surface area (Å²) in [7, 11) is -4.35. The number of carbonyl (C=O) groups is 1. The third-order valence-corrected chi connectivity index (χ3v) is 7.03. The van der Waals surface area contributed by atoms with Crippen LogP contribution in [0.25, 0.3) is 0 Å². The summed E-state index contributed by atoms with van der Waals surface area (Å²) in [6.07, 6.45) is 3.71. The number of aliphatic carboxylic acids is 1. The highest BCUT2D eigenvalue weighted by Crippen LogP contribution is 2.27. The molecule has 7 heteroatoms. The fourth-order valence-corrected chi connectivity index (χ4v) is 5.27. The summed E-state index contributed by atoms with van der Waals surface area (Å²) < 4.78 is 35.0. The van der Waals surface area contributed by atoms with Crippen LogP contribution in [0, 0.1) is 5.92 Å². The van der Waals surface area contributed by atoms with Gasteiger partial charge in [-0.3, -0.25) is 9.00 Å². The highest BCUT2D eigenvalue weighted by molar-refractivity contribution is 7.91. The first kappa shape index (κ1) is 15.6. The minimum atomic E-state index is -3.09. The lowest BCUT2D eigenvalue weighted by Gasteiger charge is -2.27. The van der Waals surface area contributed by atoms with Gasteiger partial charge in [-0.05, 0) is 19.3 Å². The Labute approximate surface area is 110 Å². The van der Waals surface area contributed by atoms with Gasteiger partial charge in [-0.15, -0.1) is 0 Å². The number of carboxylic acid groups (broad SMARTS) is 1. The molecule has 0 amide bonds. The molecular weight excluding hydrogens is 276 g/mol. The number of rotatable bonds is 5. The standard InChI is InChI=1S/C11H20O5S2/c1-8(11(12)13)7-17(14)9-4-3-5-10(6-9)18(2,15)16/h8-10H,3-7H2,1-2H3,(H,12,13). The van der Waals surface area contributed by atoms with E-state index in [1.54, 1.807) is 0 Å². The fraction of sp³-hybridized carbons (Fsp3) is 0.909. The van der Waals surface area contributed by atoms with Crippen LogP contribution >= 0.6 is 0 Å². The molecule has 0 bridgehead atoms. The molecule has 0 aromatic carbocycles. The van der Waals surface area contributed by atoms with Crippen molar-refractivity contribution in [1.29, 1.82) is 0 Å². The predicted octanol–water partition coefficient (Wildman–Crippen LogP) is 0.812. The summed E-state index contributed by atoms with van der Waals surface area (Å²) in [5.74, 6) is -1.50. The third kappa shape index (κ3) is 4.35. The van der Waals surface area contributed by atoms with Gasteiger partial charge < -0.3 is 5.11 Å². The Balaban J connectivity index is 2.62. The minimum Gasteiger partial charge on any atom is -0.481 e. The van der Waals surface area contributed by atoms with Gasteiger partial charge in [0.2, 0.25) is 0 Å². The lowest BCUT2D eigenvalue weighted by Crippen LogP contribution is -2.34. The molecule has 18 heavy (non-hydrogen) atoms. The van der Waals surface area contributed by atoms with Crippen LogP contribution in [0.15, 0.2) is 0 Å². The van der Waals surface area contributed by atoms with E-state index in [1.165, 1.54) is 13.2 Å². The highest BCUT2D eigenvalue weighted by Gasteiger charge is 2.32. The molecular formula is C11H20O5S2. The summed E-state index contributed by atoms with van der Waals surface area (Å²) in [5.41, 5.74) is 0. The van der Waals surface area contributed by atoms with Gasteiger partial charge in [-0.1, -0.05) is 13.3 Å². The van der Waals surface area contributed by atoms with Crippen molar-refractivity contribution in [3.05, 3.63) is 0 Å². The highest BCUT2D eigenvalue weighted by atomic mass is 32.2. The molecule has 5 nitrogen and oxygen atoms in total. The molecule has 1 aliphatic carbocycles. The monoisotopic (exact) mass is 296 g/mol. The van der Waals surface area contributed by atoms with Crippen molar-refractivity contribution in [3.8, 4) is 0 Å². The number of hydrogen-bond acceptors (Lipinski definition) is 4. The van der Waals surface area contributed by atoms with E-state index in [1.807, 2.05) is 0 Å². The Hall–Kier alpha value is -0.430. The molecule has 0 saturated heterocycles. The van der Waals surface area contributed by atoms with Crippen LogP contribution < -0.4 is 0 Å². The summed E-state index contributed by atoms with van der Waals surface area (Å²) in [4.78, 5) is 10.7. The van der Waals surface area contributed by atoms with Crippen molar-refractivity contribution in [2.24, 2.45) is 5.92 Å². The van der Waals surface area contributed by atoms with E-state index in [-0.39, 0.29) is 11.0 Å². The van der Waals surface area contributed by atoms with E-state index in [2.05, 4.69) is 0 Å². The van der Waals surface area contributed by atoms with Crippen LogP contribution in [0.5, 0.6) is 0 Å². The Bertz CT molecular complexity index is 429. The van der Waals surface area contributed by atoms with Crippen molar-refractivity contribution in [1.82, 2.24) is 0 Å². The van der Waals surface area contributed by atoms with Gasteiger partial charge in [0.25, 0.3) is 0 Å². The molecule has 1 fully saturated rings. The molecule has 1 N–H and O–H groups in total. The molecule has 1 rings (SSSR count). The largest absolute Gasteiger partial charge is 0.481 e. The lowest BCUT2D eigenvalue weighted by atomic mass is 10.00. The molecule has 0 aliphatic heterocycles. The van der Waals surface area contributed by atoms with Gasteiger partial charge in [0.1, 0.15) is 9.84 Å². The first-order chi connectivity index (χ1) is 8.21. The number of hydrogen-bond donors (Lipinski definition) is 1. The first-order valence-corrected chi connectivity index (χ1v) is 9.34. The molecule has 0 heterocycles. The molecule has 0 radical (unpaired) electrons. The van der Waals surface area contributed by atoms with Crippen molar-refractivity contribution in [2.75, 3.05) is 12.0 Å². The SMILES string of the molecule is CC(CS(=O)C1CCCC(S(C)(=O)=O)C1)C(=O)O. The normalized spacial score (nSPS) is 28.6.